The molecule has 3 aromatic rings. The van der Waals surface area contributed by atoms with Gasteiger partial charge in [0.05, 0.1) is 0 Å². The molecule has 1 unspecified atom stereocenters. The van der Waals surface area contributed by atoms with E-state index < -0.39 is 0 Å². The molecule has 0 saturated heterocycles. The molecule has 0 radical (unpaired) electrons. The Morgan fingerprint density at radius 1 is 1.26 bits per heavy atom. The Labute approximate surface area is 111 Å². The number of hydrogen-bond acceptors (Lipinski definition) is 4. The van der Waals surface area contributed by atoms with Gasteiger partial charge in [-0.25, -0.2) is 5.43 Å². The van der Waals surface area contributed by atoms with Gasteiger partial charge in [0, 0.05) is 17.8 Å². The van der Waals surface area contributed by atoms with Crippen molar-refractivity contribution < 1.29 is 4.42 Å². The summed E-state index contributed by atoms with van der Waals surface area (Å²) in [6, 6.07) is 11.8. The minimum absolute atomic E-state index is 0.194. The molecule has 0 aliphatic heterocycles. The minimum Gasteiger partial charge on any atom is -0.459 e. The largest absolute Gasteiger partial charge is 0.459 e. The van der Waals surface area contributed by atoms with Crippen molar-refractivity contribution in [1.82, 2.24) is 10.4 Å². The van der Waals surface area contributed by atoms with Gasteiger partial charge in [0.15, 0.2) is 0 Å². The Morgan fingerprint density at radius 3 is 2.84 bits per heavy atom. The number of para-hydroxylation sites is 1. The smallest absolute Gasteiger partial charge is 0.137 e. The molecule has 2 heterocycles. The van der Waals surface area contributed by atoms with E-state index in [9.17, 15) is 0 Å². The zero-order valence-corrected chi connectivity index (χ0v) is 10.6. The first kappa shape index (κ1) is 11.9. The van der Waals surface area contributed by atoms with E-state index in [0.717, 1.165) is 27.9 Å². The molecule has 0 bridgehead atoms. The number of hydrazine groups is 1. The molecule has 96 valence electrons. The van der Waals surface area contributed by atoms with Crippen molar-refractivity contribution in [1.29, 1.82) is 0 Å². The number of pyridine rings is 1. The lowest BCUT2D eigenvalue weighted by Gasteiger charge is -2.12. The van der Waals surface area contributed by atoms with Crippen molar-refractivity contribution in [3.05, 3.63) is 65.7 Å². The van der Waals surface area contributed by atoms with Gasteiger partial charge < -0.3 is 4.42 Å². The van der Waals surface area contributed by atoms with Crippen LogP contribution in [0.25, 0.3) is 11.0 Å². The Bertz CT molecular complexity index is 691. The fraction of sp³-hybridized carbons (Fsp3) is 0.133. The molecule has 1 atom stereocenters. The quantitative estimate of drug-likeness (QED) is 0.556. The molecule has 0 fully saturated rings. The number of fused-ring (bicyclic) bond motifs is 1. The fourth-order valence-electron chi connectivity index (χ4n) is 2.26. The maximum Gasteiger partial charge on any atom is 0.137 e. The molecule has 2 aromatic heterocycles. The number of benzene rings is 1. The van der Waals surface area contributed by atoms with Gasteiger partial charge in [-0.1, -0.05) is 24.3 Å². The van der Waals surface area contributed by atoms with E-state index in [-0.39, 0.29) is 6.04 Å². The number of furan rings is 1. The molecular formula is C15H15N3O. The van der Waals surface area contributed by atoms with Crippen molar-refractivity contribution in [3.63, 3.8) is 0 Å². The highest BCUT2D eigenvalue weighted by molar-refractivity contribution is 5.81. The predicted octanol–water partition coefficient (Wildman–Crippen LogP) is 2.69. The average molecular weight is 253 g/mol. The van der Waals surface area contributed by atoms with Gasteiger partial charge in [-0.15, -0.1) is 0 Å². The number of nitrogens with one attached hydrogen (secondary N) is 1. The molecule has 4 heteroatoms. The molecule has 0 spiro atoms. The van der Waals surface area contributed by atoms with Crippen LogP contribution in [0.1, 0.15) is 22.9 Å². The Hall–Kier alpha value is -2.17. The number of aromatic nitrogens is 1. The van der Waals surface area contributed by atoms with E-state index in [2.05, 4.69) is 10.4 Å². The van der Waals surface area contributed by atoms with Gasteiger partial charge in [0.25, 0.3) is 0 Å². The highest BCUT2D eigenvalue weighted by atomic mass is 16.3. The van der Waals surface area contributed by atoms with Crippen LogP contribution in [0.5, 0.6) is 0 Å². The summed E-state index contributed by atoms with van der Waals surface area (Å²) < 4.78 is 5.94. The lowest BCUT2D eigenvalue weighted by atomic mass is 10.1. The maximum absolute atomic E-state index is 5.94. The highest BCUT2D eigenvalue weighted by Crippen LogP contribution is 2.29. The molecular weight excluding hydrogens is 238 g/mol. The summed E-state index contributed by atoms with van der Waals surface area (Å²) in [7, 11) is 0. The summed E-state index contributed by atoms with van der Waals surface area (Å²) in [5.74, 6) is 6.45. The standard InChI is InChI=1S/C15H15N3O/c1-10-4-2-5-11-8-13(19-15(10)11)14(18-16)12-6-3-7-17-9-12/h2-9,14,18H,16H2,1H3. The maximum atomic E-state index is 5.94. The van der Waals surface area contributed by atoms with Crippen LogP contribution in [-0.4, -0.2) is 4.98 Å². The summed E-state index contributed by atoms with van der Waals surface area (Å²) in [6.45, 7) is 2.03. The summed E-state index contributed by atoms with van der Waals surface area (Å²) in [6.07, 6.45) is 3.52. The second-order valence-corrected chi connectivity index (χ2v) is 4.53. The Morgan fingerprint density at radius 2 is 2.16 bits per heavy atom. The van der Waals surface area contributed by atoms with Crippen LogP contribution in [-0.2, 0) is 0 Å². The van der Waals surface area contributed by atoms with Gasteiger partial charge in [-0.2, -0.15) is 0 Å². The highest BCUT2D eigenvalue weighted by Gasteiger charge is 2.17. The summed E-state index contributed by atoms with van der Waals surface area (Å²) in [4.78, 5) is 4.11. The third-order valence-corrected chi connectivity index (χ3v) is 3.23. The van der Waals surface area contributed by atoms with Crippen molar-refractivity contribution >= 4 is 11.0 Å². The van der Waals surface area contributed by atoms with E-state index in [1.54, 1.807) is 12.4 Å². The fourth-order valence-corrected chi connectivity index (χ4v) is 2.26. The number of hydrogen-bond donors (Lipinski definition) is 2. The van der Waals surface area contributed by atoms with Gasteiger partial charge in [-0.3, -0.25) is 10.8 Å². The van der Waals surface area contributed by atoms with Crippen molar-refractivity contribution in [2.24, 2.45) is 5.84 Å². The van der Waals surface area contributed by atoms with Gasteiger partial charge in [0.2, 0.25) is 0 Å². The monoisotopic (exact) mass is 253 g/mol. The molecule has 0 saturated carbocycles. The minimum atomic E-state index is -0.194. The lowest BCUT2D eigenvalue weighted by Crippen LogP contribution is -2.28. The topological polar surface area (TPSA) is 64.1 Å². The van der Waals surface area contributed by atoms with E-state index in [4.69, 9.17) is 10.3 Å². The molecule has 3 rings (SSSR count). The van der Waals surface area contributed by atoms with Gasteiger partial charge in [-0.05, 0) is 30.2 Å². The van der Waals surface area contributed by atoms with Gasteiger partial charge in [0.1, 0.15) is 17.4 Å². The van der Waals surface area contributed by atoms with E-state index in [0.29, 0.717) is 0 Å². The van der Waals surface area contributed by atoms with E-state index in [1.807, 2.05) is 43.3 Å². The number of nitrogens with zero attached hydrogens (tertiary/aromatic N) is 1. The van der Waals surface area contributed by atoms with Gasteiger partial charge >= 0.3 is 0 Å². The third-order valence-electron chi connectivity index (χ3n) is 3.23. The Kier molecular flexibility index (Phi) is 3.03. The zero-order chi connectivity index (χ0) is 13.2. The molecule has 0 amide bonds. The van der Waals surface area contributed by atoms with Crippen LogP contribution in [0, 0.1) is 6.92 Å². The second kappa shape index (κ2) is 4.84. The number of rotatable bonds is 3. The predicted molar refractivity (Wildman–Crippen MR) is 74.4 cm³/mol. The van der Waals surface area contributed by atoms with Crippen molar-refractivity contribution in [2.75, 3.05) is 0 Å². The number of nitrogens with two attached hydrogens (primary N) is 1. The molecule has 3 N–H and O–H groups in total. The first-order chi connectivity index (χ1) is 9.29. The van der Waals surface area contributed by atoms with Crippen molar-refractivity contribution in [3.8, 4) is 0 Å². The second-order valence-electron chi connectivity index (χ2n) is 4.53. The SMILES string of the molecule is Cc1cccc2cc(C(NN)c3cccnc3)oc12. The van der Waals surface area contributed by atoms with Crippen LogP contribution in [0.3, 0.4) is 0 Å². The van der Waals surface area contributed by atoms with Crippen molar-refractivity contribution in [2.45, 2.75) is 13.0 Å². The first-order valence-electron chi connectivity index (χ1n) is 6.14. The molecule has 4 nitrogen and oxygen atoms in total. The zero-order valence-electron chi connectivity index (χ0n) is 10.6. The Balaban J connectivity index is 2.09. The normalized spacial score (nSPS) is 12.7. The van der Waals surface area contributed by atoms with E-state index >= 15 is 0 Å². The van der Waals surface area contributed by atoms with Crippen LogP contribution in [0.4, 0.5) is 0 Å². The summed E-state index contributed by atoms with van der Waals surface area (Å²) >= 11 is 0. The van der Waals surface area contributed by atoms with Crippen LogP contribution in [0.15, 0.2) is 53.2 Å². The molecule has 1 aromatic carbocycles. The third kappa shape index (κ3) is 2.12. The van der Waals surface area contributed by atoms with Crippen LogP contribution in [0.2, 0.25) is 0 Å². The molecule has 0 aliphatic rings. The van der Waals surface area contributed by atoms with E-state index in [1.165, 1.54) is 0 Å². The first-order valence-corrected chi connectivity index (χ1v) is 6.14. The average Bonchev–Trinajstić information content (AvgIpc) is 2.86. The summed E-state index contributed by atoms with van der Waals surface area (Å²) in [5.41, 5.74) is 5.78. The number of aryl methyl sites for hydroxylation is 1. The molecule has 19 heavy (non-hydrogen) atoms. The van der Waals surface area contributed by atoms with Crippen LogP contribution >= 0.6 is 0 Å². The van der Waals surface area contributed by atoms with Crippen LogP contribution < -0.4 is 11.3 Å². The summed E-state index contributed by atoms with van der Waals surface area (Å²) in [5, 5.41) is 1.08. The lowest BCUT2D eigenvalue weighted by molar-refractivity contribution is 0.475. The molecule has 0 aliphatic carbocycles.